The second kappa shape index (κ2) is 10.4. The van der Waals surface area contributed by atoms with Gasteiger partial charge >= 0.3 is 0 Å². The molecule has 1 N–H and O–H groups in total. The molecule has 5 nitrogen and oxygen atoms in total. The average Bonchev–Trinajstić information content (AvgIpc) is 3.43. The highest BCUT2D eigenvalue weighted by atomic mass is 32.2. The highest BCUT2D eigenvalue weighted by Crippen LogP contribution is 2.27. The molecular weight excluding hydrogens is 440 g/mol. The van der Waals surface area contributed by atoms with Gasteiger partial charge in [-0.05, 0) is 78.8 Å². The van der Waals surface area contributed by atoms with Gasteiger partial charge in [-0.2, -0.15) is 0 Å². The van der Waals surface area contributed by atoms with Crippen LogP contribution in [0, 0.1) is 0 Å². The Morgan fingerprint density at radius 3 is 2.78 bits per heavy atom. The molecule has 1 unspecified atom stereocenters. The van der Waals surface area contributed by atoms with E-state index in [-0.39, 0.29) is 11.5 Å². The molecule has 1 saturated heterocycles. The van der Waals surface area contributed by atoms with Crippen LogP contribution in [0.3, 0.4) is 0 Å². The van der Waals surface area contributed by atoms with Gasteiger partial charge in [-0.25, -0.2) is 8.42 Å². The second-order valence-corrected chi connectivity index (χ2v) is 12.6. The highest BCUT2D eigenvalue weighted by Gasteiger charge is 2.27. The van der Waals surface area contributed by atoms with E-state index in [0.29, 0.717) is 18.2 Å². The molecule has 0 bridgehead atoms. The molecule has 0 spiro atoms. The predicted molar refractivity (Wildman–Crippen MR) is 132 cm³/mol. The van der Waals surface area contributed by atoms with E-state index in [1.807, 2.05) is 36.4 Å². The number of aromatic amines is 1. The van der Waals surface area contributed by atoms with E-state index in [0.717, 1.165) is 41.9 Å². The van der Waals surface area contributed by atoms with E-state index in [2.05, 4.69) is 28.2 Å². The summed E-state index contributed by atoms with van der Waals surface area (Å²) in [6.45, 7) is 3.60. The molecular formula is C25H32N2O3S2. The Hall–Kier alpha value is -1.80. The van der Waals surface area contributed by atoms with Crippen LogP contribution in [0.25, 0.3) is 10.9 Å². The molecule has 2 aromatic carbocycles. The number of benzene rings is 2. The minimum Gasteiger partial charge on any atom is -0.611 e. The molecule has 2 atom stereocenters. The summed E-state index contributed by atoms with van der Waals surface area (Å²) in [6.07, 6.45) is 5.92. The first-order valence-electron chi connectivity index (χ1n) is 11.4. The number of fused-ring (bicyclic) bond motifs is 1. The molecule has 1 aliphatic rings. The third kappa shape index (κ3) is 5.76. The summed E-state index contributed by atoms with van der Waals surface area (Å²) in [7, 11) is -2.97. The number of nitrogens with one attached hydrogen (secondary N) is 1. The van der Waals surface area contributed by atoms with Crippen molar-refractivity contribution in [3.05, 3.63) is 65.9 Å². The number of aromatic nitrogens is 1. The van der Waals surface area contributed by atoms with E-state index >= 15 is 0 Å². The van der Waals surface area contributed by atoms with E-state index in [1.54, 1.807) is 6.92 Å². The van der Waals surface area contributed by atoms with Crippen molar-refractivity contribution in [3.8, 4) is 0 Å². The summed E-state index contributed by atoms with van der Waals surface area (Å²) in [5, 5.41) is 1.19. The summed E-state index contributed by atoms with van der Waals surface area (Å²) >= 11 is -0.966. The first kappa shape index (κ1) is 23.4. The number of nitrogens with zero attached hydrogens (tertiary/aromatic N) is 1. The zero-order chi connectivity index (χ0) is 22.6. The smallest absolute Gasteiger partial charge is 0.152 e. The number of sulfone groups is 1. The molecule has 3 aromatic rings. The molecule has 1 aromatic heterocycles. The molecule has 7 heteroatoms. The van der Waals surface area contributed by atoms with Gasteiger partial charge in [-0.1, -0.05) is 31.2 Å². The van der Waals surface area contributed by atoms with Crippen LogP contribution in [0.5, 0.6) is 0 Å². The van der Waals surface area contributed by atoms with Crippen molar-refractivity contribution < 1.29 is 13.0 Å². The zero-order valence-corrected chi connectivity index (χ0v) is 20.3. The number of H-pyrrole nitrogens is 1. The van der Waals surface area contributed by atoms with Crippen LogP contribution in [-0.2, 0) is 33.9 Å². The third-order valence-corrected chi connectivity index (χ3v) is 9.56. The summed E-state index contributed by atoms with van der Waals surface area (Å²) in [6, 6.07) is 16.4. The first-order chi connectivity index (χ1) is 15.4. The average molecular weight is 473 g/mol. The maximum atomic E-state index is 12.6. The van der Waals surface area contributed by atoms with Crippen molar-refractivity contribution in [2.45, 2.75) is 43.5 Å². The quantitative estimate of drug-likeness (QED) is 0.453. The van der Waals surface area contributed by atoms with Crippen LogP contribution in [0.1, 0.15) is 30.9 Å². The van der Waals surface area contributed by atoms with Crippen molar-refractivity contribution in [3.63, 3.8) is 0 Å². The molecule has 0 saturated carbocycles. The summed E-state index contributed by atoms with van der Waals surface area (Å²) in [5.74, 6) is 1.05. The molecule has 1 fully saturated rings. The normalized spacial score (nSPS) is 18.4. The monoisotopic (exact) mass is 472 g/mol. The molecule has 32 heavy (non-hydrogen) atoms. The Bertz CT molecular complexity index is 1130. The van der Waals surface area contributed by atoms with Gasteiger partial charge in [0, 0.05) is 35.4 Å². The number of rotatable bonds is 10. The SMILES string of the molecule is CCS(=O)(=O)CCc1ccc2[nH]cc(C[C@H]3CCCN3CC[S+]([O-])c3ccccc3)c2c1. The van der Waals surface area contributed by atoms with Crippen LogP contribution >= 0.6 is 0 Å². The number of likely N-dealkylation sites (tertiary alicyclic amines) is 1. The van der Waals surface area contributed by atoms with E-state index in [1.165, 1.54) is 17.4 Å². The minimum atomic E-state index is -2.97. The highest BCUT2D eigenvalue weighted by molar-refractivity contribution is 7.91. The standard InChI is InChI=1S/C25H32N2O3S2/c1-2-32(29,30)16-12-20-10-11-25-24(17-20)21(19-26-25)18-22-7-6-13-27(22)14-15-31(28)23-8-4-3-5-9-23/h3-5,8-11,17,19,22,26H,2,6-7,12-16,18H2,1H3/t22-,31?/m1/s1. The van der Waals surface area contributed by atoms with Crippen LogP contribution in [-0.4, -0.2) is 59.2 Å². The van der Waals surface area contributed by atoms with E-state index in [9.17, 15) is 13.0 Å². The van der Waals surface area contributed by atoms with Gasteiger partial charge in [0.2, 0.25) is 0 Å². The largest absolute Gasteiger partial charge is 0.611 e. The molecule has 0 aliphatic carbocycles. The number of hydrogen-bond acceptors (Lipinski definition) is 4. The molecule has 172 valence electrons. The maximum absolute atomic E-state index is 12.6. The van der Waals surface area contributed by atoms with Crippen LogP contribution in [0.4, 0.5) is 0 Å². The molecule has 1 aliphatic heterocycles. The maximum Gasteiger partial charge on any atom is 0.152 e. The number of aryl methyl sites for hydroxylation is 1. The Morgan fingerprint density at radius 2 is 2.00 bits per heavy atom. The van der Waals surface area contributed by atoms with Crippen molar-refractivity contribution in [1.29, 1.82) is 0 Å². The van der Waals surface area contributed by atoms with Crippen LogP contribution in [0.15, 0.2) is 59.6 Å². The van der Waals surface area contributed by atoms with Crippen molar-refractivity contribution >= 4 is 31.9 Å². The number of hydrogen-bond donors (Lipinski definition) is 1. The minimum absolute atomic E-state index is 0.192. The van der Waals surface area contributed by atoms with Crippen LogP contribution in [0.2, 0.25) is 0 Å². The van der Waals surface area contributed by atoms with Gasteiger partial charge in [-0.3, -0.25) is 4.90 Å². The topological polar surface area (TPSA) is 76.2 Å². The lowest BCUT2D eigenvalue weighted by Crippen LogP contribution is -2.35. The Morgan fingerprint density at radius 1 is 1.19 bits per heavy atom. The third-order valence-electron chi connectivity index (χ3n) is 6.50. The Kier molecular flexibility index (Phi) is 7.61. The van der Waals surface area contributed by atoms with Crippen LogP contribution < -0.4 is 0 Å². The lowest BCUT2D eigenvalue weighted by Gasteiger charge is -2.24. The Balaban J connectivity index is 1.41. The van der Waals surface area contributed by atoms with E-state index < -0.39 is 21.0 Å². The van der Waals surface area contributed by atoms with Gasteiger partial charge in [0.15, 0.2) is 4.90 Å². The summed E-state index contributed by atoms with van der Waals surface area (Å²) in [5.41, 5.74) is 3.44. The second-order valence-electron chi connectivity index (χ2n) is 8.58. The van der Waals surface area contributed by atoms with Gasteiger partial charge in [0.1, 0.15) is 15.6 Å². The molecule has 0 amide bonds. The summed E-state index contributed by atoms with van der Waals surface area (Å²) in [4.78, 5) is 6.76. The Labute approximate surface area is 194 Å². The van der Waals surface area contributed by atoms with E-state index in [4.69, 9.17) is 0 Å². The lowest BCUT2D eigenvalue weighted by atomic mass is 10.0. The molecule has 2 heterocycles. The predicted octanol–water partition coefficient (Wildman–Crippen LogP) is 3.96. The van der Waals surface area contributed by atoms with Crippen molar-refractivity contribution in [1.82, 2.24) is 9.88 Å². The molecule has 0 radical (unpaired) electrons. The first-order valence-corrected chi connectivity index (χ1v) is 14.6. The van der Waals surface area contributed by atoms with Gasteiger partial charge in [-0.15, -0.1) is 0 Å². The van der Waals surface area contributed by atoms with Gasteiger partial charge in [0.05, 0.1) is 5.75 Å². The van der Waals surface area contributed by atoms with Gasteiger partial charge < -0.3 is 9.54 Å². The fraction of sp³-hybridized carbons (Fsp3) is 0.440. The van der Waals surface area contributed by atoms with Gasteiger partial charge in [0.25, 0.3) is 0 Å². The fourth-order valence-electron chi connectivity index (χ4n) is 4.53. The molecule has 4 rings (SSSR count). The van der Waals surface area contributed by atoms with Crippen molar-refractivity contribution in [2.75, 3.05) is 30.3 Å². The van der Waals surface area contributed by atoms with Crippen molar-refractivity contribution in [2.24, 2.45) is 0 Å². The fourth-order valence-corrected chi connectivity index (χ4v) is 6.46. The lowest BCUT2D eigenvalue weighted by molar-refractivity contribution is 0.267. The zero-order valence-electron chi connectivity index (χ0n) is 18.6. The summed E-state index contributed by atoms with van der Waals surface area (Å²) < 4.78 is 36.4.